The Morgan fingerprint density at radius 2 is 1.77 bits per heavy atom. The smallest absolute Gasteiger partial charge is 0.426 e. The number of carboxylic acid groups (broad SMARTS) is 1. The fourth-order valence-electron chi connectivity index (χ4n) is 6.73. The Balaban J connectivity index is 1.46. The molecule has 0 bridgehead atoms. The summed E-state index contributed by atoms with van der Waals surface area (Å²) in [7, 11) is 0. The number of halogens is 5. The zero-order chi connectivity index (χ0) is 28.9. The van der Waals surface area contributed by atoms with Gasteiger partial charge in [-0.3, -0.25) is 9.59 Å². The molecule has 2 aromatic carbocycles. The number of nitrogens with zero attached hydrogens (tertiary/aromatic N) is 1. The summed E-state index contributed by atoms with van der Waals surface area (Å²) in [5, 5.41) is 9.45. The van der Waals surface area contributed by atoms with E-state index in [-0.39, 0.29) is 30.1 Å². The van der Waals surface area contributed by atoms with Gasteiger partial charge in [-0.2, -0.15) is 13.2 Å². The number of carboxylic acids is 1. The molecule has 5 rings (SSSR count). The second-order valence-electron chi connectivity index (χ2n) is 11.6. The summed E-state index contributed by atoms with van der Waals surface area (Å²) in [6.07, 6.45) is -2.03. The molecule has 216 valence electrons. The zero-order valence-electron chi connectivity index (χ0n) is 22.1. The second kappa shape index (κ2) is 10.3. The first-order valence-corrected chi connectivity index (χ1v) is 13.6. The van der Waals surface area contributed by atoms with Crippen molar-refractivity contribution in [3.63, 3.8) is 0 Å². The topological polar surface area (TPSA) is 66.8 Å². The first kappa shape index (κ1) is 28.4. The molecule has 1 amide bonds. The van der Waals surface area contributed by atoms with E-state index in [1.165, 1.54) is 18.2 Å². The number of benzene rings is 2. The van der Waals surface area contributed by atoms with Crippen LogP contribution in [0.2, 0.25) is 0 Å². The Morgan fingerprint density at radius 1 is 1.07 bits per heavy atom. The lowest BCUT2D eigenvalue weighted by atomic mass is 9.61. The van der Waals surface area contributed by atoms with Gasteiger partial charge in [-0.05, 0) is 62.8 Å². The minimum atomic E-state index is -5.10. The summed E-state index contributed by atoms with van der Waals surface area (Å²) < 4.78 is 74.7. The number of hydrogen-bond acceptors (Lipinski definition) is 3. The minimum absolute atomic E-state index is 0.0825. The lowest BCUT2D eigenvalue weighted by Crippen LogP contribution is -2.57. The molecule has 5 atom stereocenters. The number of piperidine rings is 1. The van der Waals surface area contributed by atoms with Gasteiger partial charge in [-0.1, -0.05) is 30.7 Å². The van der Waals surface area contributed by atoms with Crippen molar-refractivity contribution < 1.29 is 41.4 Å². The summed E-state index contributed by atoms with van der Waals surface area (Å²) in [5.74, 6) is -2.32. The summed E-state index contributed by atoms with van der Waals surface area (Å²) in [6, 6.07) is 9.80. The predicted octanol–water partition coefficient (Wildman–Crippen LogP) is 6.19. The number of alkyl halides is 4. The van der Waals surface area contributed by atoms with Crippen molar-refractivity contribution in [3.8, 4) is 5.75 Å². The van der Waals surface area contributed by atoms with Crippen LogP contribution in [0.15, 0.2) is 42.5 Å². The monoisotopic (exact) mass is 565 g/mol. The molecule has 2 heterocycles. The molecular formula is C30H32F5NO4. The fourth-order valence-corrected chi connectivity index (χ4v) is 6.73. The molecule has 1 aliphatic carbocycles. The van der Waals surface area contributed by atoms with Crippen LogP contribution in [0.1, 0.15) is 55.7 Å². The van der Waals surface area contributed by atoms with Crippen LogP contribution in [-0.4, -0.2) is 47.8 Å². The van der Waals surface area contributed by atoms with Gasteiger partial charge in [0.05, 0.1) is 12.5 Å². The molecule has 2 fully saturated rings. The number of aliphatic carboxylic acids is 1. The standard InChI is InChI=1S/C30H32F5NO4/c1-28(32,30(33,34)35)21-7-10-24-25(14-21)40-17-22-16-36(26(37)19-3-2-4-20(13-19)27(38)39)12-11-29(22,24)15-18-5-8-23(31)9-6-18/h5-10,14,19-20,22H,2-4,11-13,15-17H2,1H3,(H,38,39). The average Bonchev–Trinajstić information content (AvgIpc) is 2.92. The Morgan fingerprint density at radius 3 is 2.45 bits per heavy atom. The van der Waals surface area contributed by atoms with Crippen molar-refractivity contribution in [2.24, 2.45) is 17.8 Å². The molecule has 1 N–H and O–H groups in total. The van der Waals surface area contributed by atoms with E-state index >= 15 is 0 Å². The largest absolute Gasteiger partial charge is 0.493 e. The van der Waals surface area contributed by atoms with Crippen molar-refractivity contribution in [1.29, 1.82) is 0 Å². The molecule has 2 aromatic rings. The van der Waals surface area contributed by atoms with Crippen molar-refractivity contribution in [1.82, 2.24) is 4.90 Å². The molecule has 5 unspecified atom stereocenters. The maximum absolute atomic E-state index is 14.8. The molecule has 0 spiro atoms. The van der Waals surface area contributed by atoms with Gasteiger partial charge >= 0.3 is 12.1 Å². The number of carbonyl (C=O) groups is 2. The van der Waals surface area contributed by atoms with E-state index in [2.05, 4.69) is 0 Å². The second-order valence-corrected chi connectivity index (χ2v) is 11.6. The third kappa shape index (κ3) is 5.05. The van der Waals surface area contributed by atoms with Crippen LogP contribution >= 0.6 is 0 Å². The van der Waals surface area contributed by atoms with Gasteiger partial charge in [0.2, 0.25) is 11.6 Å². The highest BCUT2D eigenvalue weighted by molar-refractivity contribution is 5.80. The van der Waals surface area contributed by atoms with Gasteiger partial charge in [0.25, 0.3) is 0 Å². The van der Waals surface area contributed by atoms with E-state index in [1.54, 1.807) is 17.0 Å². The number of carbonyl (C=O) groups excluding carboxylic acids is 1. The van der Waals surface area contributed by atoms with Crippen molar-refractivity contribution in [3.05, 3.63) is 65.0 Å². The molecule has 10 heteroatoms. The predicted molar refractivity (Wildman–Crippen MR) is 136 cm³/mol. The Hall–Kier alpha value is -3.17. The van der Waals surface area contributed by atoms with Gasteiger partial charge in [-0.25, -0.2) is 8.78 Å². The number of rotatable bonds is 5. The maximum Gasteiger partial charge on any atom is 0.426 e. The van der Waals surface area contributed by atoms with Crippen LogP contribution in [-0.2, 0) is 27.1 Å². The van der Waals surface area contributed by atoms with Crippen molar-refractivity contribution in [2.75, 3.05) is 19.7 Å². The molecule has 3 aliphatic rings. The molecule has 1 saturated heterocycles. The highest BCUT2D eigenvalue weighted by atomic mass is 19.4. The van der Waals surface area contributed by atoms with Crippen LogP contribution in [0.3, 0.4) is 0 Å². The zero-order valence-corrected chi connectivity index (χ0v) is 22.1. The first-order chi connectivity index (χ1) is 18.8. The summed E-state index contributed by atoms with van der Waals surface area (Å²) >= 11 is 0. The van der Waals surface area contributed by atoms with E-state index in [9.17, 15) is 36.6 Å². The van der Waals surface area contributed by atoms with Gasteiger partial charge in [-0.15, -0.1) is 0 Å². The number of fused-ring (bicyclic) bond motifs is 3. The molecule has 0 radical (unpaired) electrons. The normalized spacial score (nSPS) is 28.1. The maximum atomic E-state index is 14.8. The van der Waals surface area contributed by atoms with E-state index in [4.69, 9.17) is 4.74 Å². The van der Waals surface area contributed by atoms with E-state index in [1.807, 2.05) is 0 Å². The van der Waals surface area contributed by atoms with Crippen LogP contribution in [0.4, 0.5) is 22.0 Å². The van der Waals surface area contributed by atoms with Gasteiger partial charge in [0, 0.05) is 41.5 Å². The lowest BCUT2D eigenvalue weighted by Gasteiger charge is -2.52. The van der Waals surface area contributed by atoms with Gasteiger partial charge in [0.1, 0.15) is 11.6 Å². The molecule has 40 heavy (non-hydrogen) atoms. The van der Waals surface area contributed by atoms with Crippen molar-refractivity contribution in [2.45, 2.75) is 62.7 Å². The SMILES string of the molecule is CC(F)(c1ccc2c(c1)OCC1CN(C(=O)C3CCCC(C(=O)O)C3)CCC21Cc1ccc(F)cc1)C(F)(F)F. The van der Waals surface area contributed by atoms with E-state index in [0.717, 1.165) is 17.7 Å². The van der Waals surface area contributed by atoms with Gasteiger partial charge < -0.3 is 14.7 Å². The summed E-state index contributed by atoms with van der Waals surface area (Å²) in [6.45, 7) is 1.30. The fraction of sp³-hybridized carbons (Fsp3) is 0.533. The lowest BCUT2D eigenvalue weighted by molar-refractivity contribution is -0.228. The summed E-state index contributed by atoms with van der Waals surface area (Å²) in [4.78, 5) is 26.8. The third-order valence-corrected chi connectivity index (χ3v) is 9.20. The van der Waals surface area contributed by atoms with Crippen LogP contribution < -0.4 is 4.74 Å². The average molecular weight is 566 g/mol. The minimum Gasteiger partial charge on any atom is -0.493 e. The molecule has 2 aliphatic heterocycles. The van der Waals surface area contributed by atoms with Gasteiger partial charge in [0.15, 0.2) is 0 Å². The van der Waals surface area contributed by atoms with Crippen LogP contribution in [0, 0.1) is 23.6 Å². The number of likely N-dealkylation sites (tertiary alicyclic amines) is 1. The Kier molecular flexibility index (Phi) is 7.33. The van der Waals surface area contributed by atoms with Crippen LogP contribution in [0.25, 0.3) is 0 Å². The Labute approximate surface area is 229 Å². The van der Waals surface area contributed by atoms with E-state index in [0.29, 0.717) is 64.1 Å². The number of amides is 1. The van der Waals surface area contributed by atoms with Crippen LogP contribution in [0.5, 0.6) is 5.75 Å². The molecule has 1 saturated carbocycles. The molecule has 0 aromatic heterocycles. The summed E-state index contributed by atoms with van der Waals surface area (Å²) in [5.41, 5.74) is -3.28. The molecular weight excluding hydrogens is 533 g/mol. The first-order valence-electron chi connectivity index (χ1n) is 13.6. The third-order valence-electron chi connectivity index (χ3n) is 9.20. The highest BCUT2D eigenvalue weighted by Crippen LogP contribution is 2.52. The van der Waals surface area contributed by atoms with Crippen molar-refractivity contribution >= 4 is 11.9 Å². The van der Waals surface area contributed by atoms with E-state index < -0.39 is 40.5 Å². The quantitative estimate of drug-likeness (QED) is 0.440. The number of ether oxygens (including phenoxy) is 1. The number of hydrogen-bond donors (Lipinski definition) is 1. The molecule has 5 nitrogen and oxygen atoms in total. The Bertz CT molecular complexity index is 1280. The highest BCUT2D eigenvalue weighted by Gasteiger charge is 2.55.